The Bertz CT molecular complexity index is 852. The molecule has 3 rings (SSSR count). The maximum absolute atomic E-state index is 12.4. The predicted octanol–water partition coefficient (Wildman–Crippen LogP) is 3.81. The van der Waals surface area contributed by atoms with Crippen LogP contribution in [-0.4, -0.2) is 23.8 Å². The van der Waals surface area contributed by atoms with Crippen LogP contribution in [-0.2, 0) is 17.6 Å². The molecule has 0 bridgehead atoms. The van der Waals surface area contributed by atoms with E-state index in [2.05, 4.69) is 32.1 Å². The van der Waals surface area contributed by atoms with Gasteiger partial charge in [-0.15, -0.1) is 22.7 Å². The van der Waals surface area contributed by atoms with Crippen molar-refractivity contribution in [3.63, 3.8) is 0 Å². The summed E-state index contributed by atoms with van der Waals surface area (Å²) in [4.78, 5) is 39.1. The van der Waals surface area contributed by atoms with Crippen LogP contribution in [0.4, 0.5) is 0 Å². The number of amides is 3. The quantitative estimate of drug-likeness (QED) is 0.577. The summed E-state index contributed by atoms with van der Waals surface area (Å²) in [6.45, 7) is 1.57. The van der Waals surface area contributed by atoms with Crippen LogP contribution >= 0.6 is 38.6 Å². The minimum absolute atomic E-state index is 0.328. The van der Waals surface area contributed by atoms with Crippen molar-refractivity contribution >= 4 is 56.3 Å². The molecule has 1 aliphatic rings. The molecular formula is C19H22BrN3O3S2. The fraction of sp³-hybridized carbons (Fsp3) is 0.421. The monoisotopic (exact) mass is 483 g/mol. The summed E-state index contributed by atoms with van der Waals surface area (Å²) in [5, 5.41) is 2.62. The largest absolute Gasteiger partial charge is 0.340 e. The summed E-state index contributed by atoms with van der Waals surface area (Å²) < 4.78 is 0.840. The van der Waals surface area contributed by atoms with E-state index in [1.165, 1.54) is 46.0 Å². The highest BCUT2D eigenvalue weighted by molar-refractivity contribution is 9.11. The van der Waals surface area contributed by atoms with Crippen LogP contribution in [0.25, 0.3) is 0 Å². The zero-order chi connectivity index (χ0) is 20.1. The highest BCUT2D eigenvalue weighted by atomic mass is 79.9. The van der Waals surface area contributed by atoms with Gasteiger partial charge in [0.1, 0.15) is 6.04 Å². The van der Waals surface area contributed by atoms with Crippen molar-refractivity contribution in [2.75, 3.05) is 0 Å². The first-order valence-electron chi connectivity index (χ1n) is 9.22. The zero-order valence-electron chi connectivity index (χ0n) is 15.5. The Morgan fingerprint density at radius 1 is 0.964 bits per heavy atom. The molecule has 3 amide bonds. The van der Waals surface area contributed by atoms with E-state index in [-0.39, 0.29) is 11.8 Å². The number of hydrazine groups is 1. The van der Waals surface area contributed by atoms with Crippen LogP contribution in [0, 0.1) is 0 Å². The summed E-state index contributed by atoms with van der Waals surface area (Å²) in [6.07, 6.45) is 6.80. The van der Waals surface area contributed by atoms with Crippen molar-refractivity contribution in [2.24, 2.45) is 0 Å². The van der Waals surface area contributed by atoms with Gasteiger partial charge in [0, 0.05) is 4.88 Å². The molecule has 1 atom stereocenters. The van der Waals surface area contributed by atoms with Crippen LogP contribution in [0.3, 0.4) is 0 Å². The second-order valence-corrected chi connectivity index (χ2v) is 10.3. The van der Waals surface area contributed by atoms with Crippen LogP contribution in [0.2, 0.25) is 0 Å². The lowest BCUT2D eigenvalue weighted by Gasteiger charge is -2.13. The number of thiophene rings is 2. The smallest absolute Gasteiger partial charge is 0.279 e. The molecule has 1 aliphatic carbocycles. The minimum Gasteiger partial charge on any atom is -0.340 e. The van der Waals surface area contributed by atoms with Crippen LogP contribution in [0.15, 0.2) is 22.0 Å². The average molecular weight is 484 g/mol. The molecule has 2 heterocycles. The molecule has 150 valence electrons. The molecule has 0 saturated carbocycles. The number of halogens is 1. The molecule has 3 N–H and O–H groups in total. The first kappa shape index (κ1) is 21.0. The lowest BCUT2D eigenvalue weighted by Crippen LogP contribution is -2.50. The third-order valence-electron chi connectivity index (χ3n) is 4.56. The average Bonchev–Trinajstić information content (AvgIpc) is 3.25. The van der Waals surface area contributed by atoms with Gasteiger partial charge in [-0.2, -0.15) is 0 Å². The van der Waals surface area contributed by atoms with Gasteiger partial charge in [-0.3, -0.25) is 25.2 Å². The van der Waals surface area contributed by atoms with Crippen LogP contribution in [0.5, 0.6) is 0 Å². The molecular weight excluding hydrogens is 462 g/mol. The van der Waals surface area contributed by atoms with Gasteiger partial charge in [-0.05, 0) is 72.3 Å². The molecule has 0 fully saturated rings. The van der Waals surface area contributed by atoms with Gasteiger partial charge in [-0.25, -0.2) is 0 Å². The Balaban J connectivity index is 1.51. The summed E-state index contributed by atoms with van der Waals surface area (Å²) in [5.74, 6) is -1.14. The topological polar surface area (TPSA) is 87.3 Å². The Morgan fingerprint density at radius 2 is 1.71 bits per heavy atom. The van der Waals surface area contributed by atoms with Crippen molar-refractivity contribution in [3.05, 3.63) is 42.2 Å². The SMILES string of the molecule is CC(NC(=O)c1ccc(Br)s1)C(=O)NNC(=O)c1cc2c(s1)CCCCCC2. The number of rotatable bonds is 4. The predicted molar refractivity (Wildman–Crippen MR) is 115 cm³/mol. The molecule has 0 saturated heterocycles. The Kier molecular flexibility index (Phi) is 7.25. The maximum Gasteiger partial charge on any atom is 0.279 e. The van der Waals surface area contributed by atoms with Gasteiger partial charge in [0.2, 0.25) is 0 Å². The van der Waals surface area contributed by atoms with E-state index < -0.39 is 11.9 Å². The normalized spacial score (nSPS) is 14.9. The third kappa shape index (κ3) is 5.42. The summed E-state index contributed by atoms with van der Waals surface area (Å²) in [6, 6.07) is 4.61. The number of fused-ring (bicyclic) bond motifs is 1. The Morgan fingerprint density at radius 3 is 2.43 bits per heavy atom. The van der Waals surface area contributed by atoms with E-state index in [9.17, 15) is 14.4 Å². The first-order chi connectivity index (χ1) is 13.4. The number of hydrogen-bond acceptors (Lipinski definition) is 5. The van der Waals surface area contributed by atoms with Crippen LogP contribution in [0.1, 0.15) is 62.4 Å². The number of aryl methyl sites for hydroxylation is 2. The van der Waals surface area contributed by atoms with Crippen molar-refractivity contribution in [1.29, 1.82) is 0 Å². The molecule has 0 aliphatic heterocycles. The highest BCUT2D eigenvalue weighted by Crippen LogP contribution is 2.28. The van der Waals surface area contributed by atoms with Crippen molar-refractivity contribution in [2.45, 2.75) is 51.5 Å². The van der Waals surface area contributed by atoms with E-state index in [0.29, 0.717) is 9.75 Å². The lowest BCUT2D eigenvalue weighted by molar-refractivity contribution is -0.123. The molecule has 28 heavy (non-hydrogen) atoms. The summed E-state index contributed by atoms with van der Waals surface area (Å²) in [5.41, 5.74) is 6.10. The number of carbonyl (C=O) groups is 3. The van der Waals surface area contributed by atoms with Crippen molar-refractivity contribution < 1.29 is 14.4 Å². The van der Waals surface area contributed by atoms with E-state index in [4.69, 9.17) is 0 Å². The molecule has 1 unspecified atom stereocenters. The summed E-state index contributed by atoms with van der Waals surface area (Å²) in [7, 11) is 0. The molecule has 9 heteroatoms. The fourth-order valence-electron chi connectivity index (χ4n) is 3.01. The number of carbonyl (C=O) groups excluding carboxylic acids is 3. The Labute approximate surface area is 180 Å². The number of nitrogens with one attached hydrogen (secondary N) is 3. The molecule has 6 nitrogen and oxygen atoms in total. The third-order valence-corrected chi connectivity index (χ3v) is 7.42. The molecule has 2 aromatic heterocycles. The zero-order valence-corrected chi connectivity index (χ0v) is 18.7. The van der Waals surface area contributed by atoms with E-state index in [0.717, 1.165) is 29.5 Å². The number of hydrogen-bond donors (Lipinski definition) is 3. The molecule has 0 spiro atoms. The van der Waals surface area contributed by atoms with Crippen molar-refractivity contribution in [1.82, 2.24) is 16.2 Å². The molecule has 2 aromatic rings. The second kappa shape index (κ2) is 9.67. The molecule has 0 radical (unpaired) electrons. The highest BCUT2D eigenvalue weighted by Gasteiger charge is 2.20. The van der Waals surface area contributed by atoms with E-state index in [1.807, 2.05) is 6.07 Å². The van der Waals surface area contributed by atoms with Crippen LogP contribution < -0.4 is 16.2 Å². The van der Waals surface area contributed by atoms with Gasteiger partial charge in [-0.1, -0.05) is 12.8 Å². The van der Waals surface area contributed by atoms with Gasteiger partial charge in [0.15, 0.2) is 0 Å². The maximum atomic E-state index is 12.4. The van der Waals surface area contributed by atoms with Gasteiger partial charge >= 0.3 is 0 Å². The first-order valence-corrected chi connectivity index (χ1v) is 11.6. The lowest BCUT2D eigenvalue weighted by atomic mass is 10.00. The summed E-state index contributed by atoms with van der Waals surface area (Å²) >= 11 is 6.09. The molecule has 0 aromatic carbocycles. The van der Waals surface area contributed by atoms with Gasteiger partial charge in [0.05, 0.1) is 13.5 Å². The second-order valence-electron chi connectivity index (χ2n) is 6.72. The van der Waals surface area contributed by atoms with E-state index >= 15 is 0 Å². The minimum atomic E-state index is -0.780. The fourth-order valence-corrected chi connectivity index (χ4v) is 5.45. The Hall–Kier alpha value is -1.71. The van der Waals surface area contributed by atoms with Crippen molar-refractivity contribution in [3.8, 4) is 0 Å². The van der Waals surface area contributed by atoms with Gasteiger partial charge in [0.25, 0.3) is 17.7 Å². The standard InChI is InChI=1S/C19H22BrN3O3S2/c1-11(21-18(25)14-8-9-16(20)28-14)17(24)22-23-19(26)15-10-12-6-4-2-3-5-7-13(12)27-15/h8-11H,2-7H2,1H3,(H,21,25)(H,22,24)(H,23,26). The van der Waals surface area contributed by atoms with E-state index in [1.54, 1.807) is 19.1 Å². The van der Waals surface area contributed by atoms with Gasteiger partial charge < -0.3 is 5.32 Å².